The molecule has 1 aromatic carbocycles. The van der Waals surface area contributed by atoms with Gasteiger partial charge in [0, 0.05) is 29.9 Å². The molecule has 0 spiro atoms. The second-order valence-electron chi connectivity index (χ2n) is 5.27. The zero-order valence-corrected chi connectivity index (χ0v) is 13.7. The molecule has 23 heavy (non-hydrogen) atoms. The van der Waals surface area contributed by atoms with Gasteiger partial charge in [0.15, 0.2) is 5.13 Å². The smallest absolute Gasteiger partial charge is 0.277 e. The first-order chi connectivity index (χ1) is 11.1. The topological polar surface area (TPSA) is 67.8 Å². The number of aryl methyl sites for hydroxylation is 2. The standard InChI is InChI=1S/C17H16N4OS/c1-11-3-4-13(7-12(11)2)8-14-9-20-17(23-14)21-16(22)15-10-18-5-6-19-15/h3-7,9-10H,8H2,1-2H3,(H,20,21,22). The van der Waals surface area contributed by atoms with E-state index in [0.29, 0.717) is 5.13 Å². The van der Waals surface area contributed by atoms with E-state index in [1.54, 1.807) is 6.20 Å². The molecule has 2 heterocycles. The van der Waals surface area contributed by atoms with Crippen LogP contribution in [0.25, 0.3) is 0 Å². The number of carbonyl (C=O) groups excluding carboxylic acids is 1. The third kappa shape index (κ3) is 3.78. The van der Waals surface area contributed by atoms with E-state index >= 15 is 0 Å². The molecule has 0 radical (unpaired) electrons. The molecular formula is C17H16N4OS. The van der Waals surface area contributed by atoms with E-state index in [0.717, 1.165) is 11.3 Å². The molecule has 1 amide bonds. The van der Waals surface area contributed by atoms with Gasteiger partial charge in [0.1, 0.15) is 5.69 Å². The summed E-state index contributed by atoms with van der Waals surface area (Å²) in [5, 5.41) is 3.32. The normalized spacial score (nSPS) is 10.5. The molecule has 0 aliphatic heterocycles. The highest BCUT2D eigenvalue weighted by molar-refractivity contribution is 7.15. The average molecular weight is 324 g/mol. The summed E-state index contributed by atoms with van der Waals surface area (Å²) in [6.07, 6.45) is 7.05. The van der Waals surface area contributed by atoms with Crippen LogP contribution in [0.4, 0.5) is 5.13 Å². The van der Waals surface area contributed by atoms with E-state index in [9.17, 15) is 4.79 Å². The van der Waals surface area contributed by atoms with Crippen LogP contribution in [-0.4, -0.2) is 20.9 Å². The van der Waals surface area contributed by atoms with Crippen molar-refractivity contribution in [2.24, 2.45) is 0 Å². The van der Waals surface area contributed by atoms with Crippen molar-refractivity contribution in [3.8, 4) is 0 Å². The molecule has 3 aromatic rings. The van der Waals surface area contributed by atoms with Gasteiger partial charge in [-0.3, -0.25) is 15.1 Å². The van der Waals surface area contributed by atoms with Crippen molar-refractivity contribution < 1.29 is 4.79 Å². The average Bonchev–Trinajstić information content (AvgIpc) is 2.99. The number of anilines is 1. The summed E-state index contributed by atoms with van der Waals surface area (Å²) in [6.45, 7) is 4.21. The highest BCUT2D eigenvalue weighted by Gasteiger charge is 2.10. The van der Waals surface area contributed by atoms with Crippen LogP contribution in [0.5, 0.6) is 0 Å². The minimum absolute atomic E-state index is 0.276. The predicted octanol–water partition coefficient (Wildman–Crippen LogP) is 3.39. The second-order valence-corrected chi connectivity index (χ2v) is 6.39. The van der Waals surface area contributed by atoms with Gasteiger partial charge in [-0.15, -0.1) is 11.3 Å². The fraction of sp³-hybridized carbons (Fsp3) is 0.176. The van der Waals surface area contributed by atoms with Gasteiger partial charge >= 0.3 is 0 Å². The number of aromatic nitrogens is 3. The first-order valence-corrected chi connectivity index (χ1v) is 8.01. The predicted molar refractivity (Wildman–Crippen MR) is 90.8 cm³/mol. The van der Waals surface area contributed by atoms with Crippen molar-refractivity contribution >= 4 is 22.4 Å². The first-order valence-electron chi connectivity index (χ1n) is 7.20. The van der Waals surface area contributed by atoms with Gasteiger partial charge < -0.3 is 0 Å². The Bertz CT molecular complexity index is 830. The maximum atomic E-state index is 12.0. The lowest BCUT2D eigenvalue weighted by Crippen LogP contribution is -2.13. The number of nitrogens with one attached hydrogen (secondary N) is 1. The monoisotopic (exact) mass is 324 g/mol. The van der Waals surface area contributed by atoms with Gasteiger partial charge in [0.2, 0.25) is 0 Å². The zero-order valence-electron chi connectivity index (χ0n) is 12.9. The van der Waals surface area contributed by atoms with Gasteiger partial charge in [-0.05, 0) is 30.5 Å². The maximum Gasteiger partial charge on any atom is 0.277 e. The summed E-state index contributed by atoms with van der Waals surface area (Å²) in [7, 11) is 0. The van der Waals surface area contributed by atoms with Crippen LogP contribution in [0.1, 0.15) is 32.1 Å². The summed E-state index contributed by atoms with van der Waals surface area (Å²) in [5.74, 6) is -0.301. The van der Waals surface area contributed by atoms with Gasteiger partial charge in [0.05, 0.1) is 6.20 Å². The Hall–Kier alpha value is -2.60. The minimum Gasteiger partial charge on any atom is -0.296 e. The van der Waals surface area contributed by atoms with Crippen molar-refractivity contribution in [3.05, 3.63) is 70.2 Å². The minimum atomic E-state index is -0.301. The van der Waals surface area contributed by atoms with Crippen molar-refractivity contribution in [1.82, 2.24) is 15.0 Å². The molecule has 0 atom stereocenters. The third-order valence-corrected chi connectivity index (χ3v) is 4.43. The lowest BCUT2D eigenvalue weighted by molar-refractivity contribution is 0.102. The molecule has 0 bridgehead atoms. The number of rotatable bonds is 4. The molecule has 0 fully saturated rings. The second kappa shape index (κ2) is 6.66. The Kier molecular flexibility index (Phi) is 4.43. The molecule has 0 unspecified atom stereocenters. The van der Waals surface area contributed by atoms with E-state index in [-0.39, 0.29) is 11.6 Å². The number of carbonyl (C=O) groups is 1. The number of hydrogen-bond acceptors (Lipinski definition) is 5. The number of nitrogens with zero attached hydrogens (tertiary/aromatic N) is 3. The van der Waals surface area contributed by atoms with E-state index in [1.807, 2.05) is 0 Å². The summed E-state index contributed by atoms with van der Waals surface area (Å²) in [4.78, 5) is 25.2. The molecule has 0 aliphatic carbocycles. The quantitative estimate of drug-likeness (QED) is 0.799. The summed E-state index contributed by atoms with van der Waals surface area (Å²) in [5.41, 5.74) is 4.08. The van der Waals surface area contributed by atoms with Gasteiger partial charge in [-0.25, -0.2) is 9.97 Å². The van der Waals surface area contributed by atoms with E-state index in [4.69, 9.17) is 0 Å². The molecule has 6 heteroatoms. The van der Waals surface area contributed by atoms with E-state index in [1.165, 1.54) is 46.6 Å². The number of amides is 1. The molecule has 2 aromatic heterocycles. The van der Waals surface area contributed by atoms with Crippen LogP contribution in [0.2, 0.25) is 0 Å². The molecule has 0 saturated heterocycles. The fourth-order valence-electron chi connectivity index (χ4n) is 2.14. The van der Waals surface area contributed by atoms with Crippen molar-refractivity contribution in [1.29, 1.82) is 0 Å². The van der Waals surface area contributed by atoms with Crippen molar-refractivity contribution in [3.63, 3.8) is 0 Å². The van der Waals surface area contributed by atoms with Gasteiger partial charge in [-0.2, -0.15) is 0 Å². The molecule has 1 N–H and O–H groups in total. The summed E-state index contributed by atoms with van der Waals surface area (Å²) < 4.78 is 0. The maximum absolute atomic E-state index is 12.0. The third-order valence-electron chi connectivity index (χ3n) is 3.52. The molecule has 0 aliphatic rings. The van der Waals surface area contributed by atoms with Crippen LogP contribution >= 0.6 is 11.3 Å². The van der Waals surface area contributed by atoms with Gasteiger partial charge in [-0.1, -0.05) is 18.2 Å². The molecule has 3 rings (SSSR count). The SMILES string of the molecule is Cc1ccc(Cc2cnc(NC(=O)c3cnccn3)s2)cc1C. The van der Waals surface area contributed by atoms with Crippen molar-refractivity contribution in [2.45, 2.75) is 20.3 Å². The Labute approximate surface area is 138 Å². The lowest BCUT2D eigenvalue weighted by Gasteiger charge is -2.03. The first kappa shape index (κ1) is 15.3. The fourth-order valence-corrected chi connectivity index (χ4v) is 2.98. The van der Waals surface area contributed by atoms with Crippen molar-refractivity contribution in [2.75, 3.05) is 5.32 Å². The highest BCUT2D eigenvalue weighted by atomic mass is 32.1. The number of hydrogen-bond donors (Lipinski definition) is 1. The highest BCUT2D eigenvalue weighted by Crippen LogP contribution is 2.22. The van der Waals surface area contributed by atoms with E-state index in [2.05, 4.69) is 52.3 Å². The Morgan fingerprint density at radius 2 is 2.00 bits per heavy atom. The lowest BCUT2D eigenvalue weighted by atomic mass is 10.0. The van der Waals surface area contributed by atoms with Crippen LogP contribution in [0, 0.1) is 13.8 Å². The summed E-state index contributed by atoms with van der Waals surface area (Å²) in [6, 6.07) is 6.44. The van der Waals surface area contributed by atoms with Crippen LogP contribution < -0.4 is 5.32 Å². The Morgan fingerprint density at radius 3 is 2.74 bits per heavy atom. The number of benzene rings is 1. The molecule has 5 nitrogen and oxygen atoms in total. The van der Waals surface area contributed by atoms with Crippen LogP contribution in [0.3, 0.4) is 0 Å². The van der Waals surface area contributed by atoms with E-state index < -0.39 is 0 Å². The molecule has 0 saturated carbocycles. The number of thiazole rings is 1. The van der Waals surface area contributed by atoms with Crippen LogP contribution in [-0.2, 0) is 6.42 Å². The zero-order chi connectivity index (χ0) is 16.2. The largest absolute Gasteiger partial charge is 0.296 e. The Balaban J connectivity index is 1.68. The molecule has 116 valence electrons. The van der Waals surface area contributed by atoms with Crippen LogP contribution in [0.15, 0.2) is 43.0 Å². The van der Waals surface area contributed by atoms with Gasteiger partial charge in [0.25, 0.3) is 5.91 Å². The molecular weight excluding hydrogens is 308 g/mol. The summed E-state index contributed by atoms with van der Waals surface area (Å²) >= 11 is 1.47. The Morgan fingerprint density at radius 1 is 1.13 bits per heavy atom.